The Labute approximate surface area is 343 Å². The van der Waals surface area contributed by atoms with Crippen molar-refractivity contribution in [2.45, 2.75) is 102 Å². The standard InChI is InChI=1S/C41H49N7O6.C2H4O2.H3N/c1-23(2)35(47-41(52)54-4)36(49)29-8-6-9-30(29)37-42-21-32(44-37)26-15-11-24(12-16-26)25-13-17-27(18-14-25)33-22-43-38(45-33)34-20-19-28-7-5-10-31(39(50)48(28)34)46-40(51)53-3;1-2(3)4;/h11-18,21-23,28-31,34-35H,5-10,19-20H2,1-4H3,(H,42,44)(H,43,45)(H,46,51)(H,47,52);1H3,(H,3,4);1H3/t28-,29?,30-,31+,34+,35+;;/m1../s1. The van der Waals surface area contributed by atoms with Crippen LogP contribution in [0.15, 0.2) is 60.9 Å². The first kappa shape index (κ1) is 44.1. The second kappa shape index (κ2) is 19.6. The van der Waals surface area contributed by atoms with Crippen LogP contribution in [0.25, 0.3) is 33.6 Å². The fourth-order valence-corrected chi connectivity index (χ4v) is 8.58. The summed E-state index contributed by atoms with van der Waals surface area (Å²) in [6.45, 7) is 4.94. The number of alkyl carbamates (subject to hydrolysis) is 2. The number of nitrogens with zero attached hydrogens (tertiary/aromatic N) is 3. The number of ether oxygens (including phenoxy) is 2. The lowest BCUT2D eigenvalue weighted by Gasteiger charge is -2.30. The number of carbonyl (C=O) groups excluding carboxylic acids is 4. The van der Waals surface area contributed by atoms with Gasteiger partial charge >= 0.3 is 12.2 Å². The number of carboxylic acids is 1. The number of amides is 3. The monoisotopic (exact) mass is 812 g/mol. The Morgan fingerprint density at radius 1 is 0.763 bits per heavy atom. The summed E-state index contributed by atoms with van der Waals surface area (Å²) in [5.74, 6) is 0.349. The second-order valence-corrected chi connectivity index (χ2v) is 15.6. The highest BCUT2D eigenvalue weighted by molar-refractivity contribution is 5.90. The molecule has 1 aliphatic carbocycles. The minimum Gasteiger partial charge on any atom is -0.481 e. The summed E-state index contributed by atoms with van der Waals surface area (Å²) < 4.78 is 9.53. The molecule has 2 saturated heterocycles. The third-order valence-electron chi connectivity index (χ3n) is 11.5. The van der Waals surface area contributed by atoms with E-state index in [2.05, 4.69) is 69.1 Å². The van der Waals surface area contributed by atoms with Crippen LogP contribution < -0.4 is 16.8 Å². The summed E-state index contributed by atoms with van der Waals surface area (Å²) in [6.07, 6.45) is 9.10. The minimum absolute atomic E-state index is 0. The zero-order valence-corrected chi connectivity index (χ0v) is 34.3. The van der Waals surface area contributed by atoms with Gasteiger partial charge in [-0.15, -0.1) is 0 Å². The Morgan fingerprint density at radius 3 is 1.85 bits per heavy atom. The summed E-state index contributed by atoms with van der Waals surface area (Å²) in [5.41, 5.74) is 5.89. The van der Waals surface area contributed by atoms with Crippen LogP contribution >= 0.6 is 0 Å². The van der Waals surface area contributed by atoms with E-state index in [0.717, 1.165) is 97.2 Å². The Morgan fingerprint density at radius 2 is 1.29 bits per heavy atom. The molecule has 3 fully saturated rings. The zero-order valence-electron chi connectivity index (χ0n) is 34.3. The highest BCUT2D eigenvalue weighted by Crippen LogP contribution is 2.42. The lowest BCUT2D eigenvalue weighted by Crippen LogP contribution is -2.49. The van der Waals surface area contributed by atoms with Crippen molar-refractivity contribution >= 4 is 29.8 Å². The van der Waals surface area contributed by atoms with E-state index in [-0.39, 0.29) is 47.7 Å². The molecule has 0 radical (unpaired) electrons. The fraction of sp³-hybridized carbons (Fsp3) is 0.465. The maximum Gasteiger partial charge on any atom is 0.407 e. The van der Waals surface area contributed by atoms with Gasteiger partial charge in [0, 0.05) is 24.8 Å². The molecule has 4 heterocycles. The van der Waals surface area contributed by atoms with Crippen molar-refractivity contribution < 1.29 is 38.6 Å². The smallest absolute Gasteiger partial charge is 0.407 e. The van der Waals surface area contributed by atoms with E-state index in [1.165, 1.54) is 14.2 Å². The van der Waals surface area contributed by atoms with Crippen LogP contribution in [0.4, 0.5) is 9.59 Å². The molecule has 16 heteroatoms. The van der Waals surface area contributed by atoms with E-state index in [0.29, 0.717) is 6.42 Å². The summed E-state index contributed by atoms with van der Waals surface area (Å²) in [4.78, 5) is 78.3. The van der Waals surface area contributed by atoms with Crippen molar-refractivity contribution in [2.24, 2.45) is 11.8 Å². The molecule has 8 N–H and O–H groups in total. The molecule has 0 bridgehead atoms. The van der Waals surface area contributed by atoms with Crippen LogP contribution in [0.3, 0.4) is 0 Å². The van der Waals surface area contributed by atoms with E-state index in [1.807, 2.05) is 31.1 Å². The first-order valence-corrected chi connectivity index (χ1v) is 19.9. The van der Waals surface area contributed by atoms with Crippen LogP contribution in [0.2, 0.25) is 0 Å². The van der Waals surface area contributed by atoms with Crippen LogP contribution in [-0.4, -0.2) is 92.1 Å². The minimum atomic E-state index is -0.833. The van der Waals surface area contributed by atoms with Gasteiger partial charge in [0.2, 0.25) is 5.91 Å². The van der Waals surface area contributed by atoms with E-state index in [9.17, 15) is 19.2 Å². The number of hydrogen-bond acceptors (Lipinski definition) is 10. The molecule has 1 saturated carbocycles. The number of H-pyrrole nitrogens is 2. The molecule has 4 aromatic rings. The van der Waals surface area contributed by atoms with Crippen molar-refractivity contribution in [1.29, 1.82) is 0 Å². The molecule has 16 nitrogen and oxygen atoms in total. The summed E-state index contributed by atoms with van der Waals surface area (Å²) in [6, 6.07) is 15.4. The summed E-state index contributed by atoms with van der Waals surface area (Å²) >= 11 is 0. The van der Waals surface area contributed by atoms with Crippen molar-refractivity contribution in [1.82, 2.24) is 41.6 Å². The topological polar surface area (TPSA) is 244 Å². The number of fused-ring (bicyclic) bond motifs is 1. The molecule has 59 heavy (non-hydrogen) atoms. The van der Waals surface area contributed by atoms with Crippen LogP contribution in [0, 0.1) is 11.8 Å². The largest absolute Gasteiger partial charge is 0.481 e. The summed E-state index contributed by atoms with van der Waals surface area (Å²) in [7, 11) is 2.61. The number of aromatic amines is 2. The number of ketones is 1. The number of aliphatic carboxylic acids is 1. The van der Waals surface area contributed by atoms with Gasteiger partial charge < -0.3 is 46.2 Å². The third-order valence-corrected chi connectivity index (χ3v) is 11.5. The summed E-state index contributed by atoms with van der Waals surface area (Å²) in [5, 5.41) is 12.9. The number of methoxy groups -OCH3 is 2. The highest BCUT2D eigenvalue weighted by atomic mass is 16.5. The zero-order chi connectivity index (χ0) is 41.5. The molecule has 2 aliphatic heterocycles. The number of rotatable bonds is 10. The van der Waals surface area contributed by atoms with E-state index >= 15 is 0 Å². The molecule has 3 amide bonds. The van der Waals surface area contributed by atoms with Gasteiger partial charge in [0.25, 0.3) is 5.97 Å². The van der Waals surface area contributed by atoms with Crippen molar-refractivity contribution in [2.75, 3.05) is 14.2 Å². The average Bonchev–Trinajstić information content (AvgIpc) is 4.05. The second-order valence-electron chi connectivity index (χ2n) is 15.6. The lowest BCUT2D eigenvalue weighted by atomic mass is 9.84. The Bertz CT molecular complexity index is 2070. The molecule has 316 valence electrons. The first-order chi connectivity index (χ1) is 27.9. The molecule has 2 aromatic carbocycles. The number of imidazole rings is 2. The third kappa shape index (κ3) is 10.2. The number of carboxylic acid groups (broad SMARTS) is 1. The normalized spacial score (nSPS) is 21.6. The Kier molecular flexibility index (Phi) is 14.7. The molecule has 7 rings (SSSR count). The highest BCUT2D eigenvalue weighted by Gasteiger charge is 2.44. The molecule has 2 aromatic heterocycles. The Hall–Kier alpha value is -6.03. The van der Waals surface area contributed by atoms with Gasteiger partial charge in [0.05, 0.1) is 50.1 Å². The van der Waals surface area contributed by atoms with Crippen molar-refractivity contribution in [3.8, 4) is 33.6 Å². The van der Waals surface area contributed by atoms with Gasteiger partial charge in [-0.2, -0.15) is 0 Å². The van der Waals surface area contributed by atoms with Gasteiger partial charge in [-0.3, -0.25) is 14.4 Å². The average molecular weight is 813 g/mol. The van der Waals surface area contributed by atoms with Crippen LogP contribution in [0.5, 0.6) is 0 Å². The number of aromatic nitrogens is 4. The van der Waals surface area contributed by atoms with Crippen molar-refractivity contribution in [3.63, 3.8) is 0 Å². The van der Waals surface area contributed by atoms with Crippen molar-refractivity contribution in [3.05, 3.63) is 72.6 Å². The number of hydrogen-bond donors (Lipinski definition) is 6. The SMILES string of the molecule is CC(=O)O.COC(=O)N[C@H]1CCC[C@@H]2CC[C@@H](c3ncc(-c4ccc(-c5ccc(-c6cnc([C@@H]7CCCC7C(=O)[C@@H](NC(=O)OC)C(C)C)[nH]6)cc5)cc4)[nH]3)N2C1=O.N. The maximum absolute atomic E-state index is 13.6. The fourth-order valence-electron chi connectivity index (χ4n) is 8.58. The molecule has 3 aliphatic rings. The van der Waals surface area contributed by atoms with Gasteiger partial charge in [-0.1, -0.05) is 68.8 Å². The quantitative estimate of drug-likeness (QED) is 0.0938. The molecule has 1 unspecified atom stereocenters. The molecule has 0 spiro atoms. The van der Waals surface area contributed by atoms with E-state index in [4.69, 9.17) is 29.3 Å². The number of Topliss-reactive ketones (excluding diaryl/α,β-unsaturated/α-hetero) is 1. The van der Waals surface area contributed by atoms with Crippen LogP contribution in [0.1, 0.15) is 95.7 Å². The lowest BCUT2D eigenvalue weighted by molar-refractivity contribution is -0.136. The van der Waals surface area contributed by atoms with E-state index in [1.54, 1.807) is 0 Å². The first-order valence-electron chi connectivity index (χ1n) is 19.9. The number of carbonyl (C=O) groups is 5. The Balaban J connectivity index is 0.00000127. The molecular weight excluding hydrogens is 757 g/mol. The van der Waals surface area contributed by atoms with Gasteiger partial charge in [0.1, 0.15) is 17.7 Å². The van der Waals surface area contributed by atoms with Crippen LogP contribution in [-0.2, 0) is 23.9 Å². The maximum atomic E-state index is 13.6. The predicted octanol–water partition coefficient (Wildman–Crippen LogP) is 7.16. The van der Waals surface area contributed by atoms with Gasteiger partial charge in [-0.25, -0.2) is 19.6 Å². The van der Waals surface area contributed by atoms with Gasteiger partial charge in [0.15, 0.2) is 5.78 Å². The number of benzene rings is 2. The molecule has 6 atom stereocenters. The predicted molar refractivity (Wildman–Crippen MR) is 220 cm³/mol. The number of nitrogens with one attached hydrogen (secondary N) is 4. The van der Waals surface area contributed by atoms with E-state index < -0.39 is 30.2 Å². The molecular formula is C43H56N8O8. The van der Waals surface area contributed by atoms with Gasteiger partial charge in [-0.05, 0) is 73.1 Å².